The quantitative estimate of drug-likeness (QED) is 0.684. The van der Waals surface area contributed by atoms with Gasteiger partial charge in [0.05, 0.1) is 13.5 Å². The molecule has 0 fully saturated rings. The molecular weight excluding hydrogens is 176 g/mol. The van der Waals surface area contributed by atoms with Crippen molar-refractivity contribution >= 4 is 12.0 Å². The van der Waals surface area contributed by atoms with Gasteiger partial charge in [-0.05, 0) is 23.6 Å². The first kappa shape index (κ1) is 10.5. The molecule has 0 radical (unpaired) electrons. The number of esters is 1. The minimum atomic E-state index is -0.219. The van der Waals surface area contributed by atoms with Crippen LogP contribution in [0.25, 0.3) is 6.08 Å². The van der Waals surface area contributed by atoms with Crippen molar-refractivity contribution in [1.29, 1.82) is 0 Å². The number of ether oxygens (including phenoxy) is 1. The van der Waals surface area contributed by atoms with E-state index in [-0.39, 0.29) is 5.97 Å². The van der Waals surface area contributed by atoms with Gasteiger partial charge in [0.1, 0.15) is 0 Å². The summed E-state index contributed by atoms with van der Waals surface area (Å²) in [6, 6.07) is 5.87. The smallest absolute Gasteiger partial charge is 0.309 e. The molecule has 0 saturated heterocycles. The highest BCUT2D eigenvalue weighted by molar-refractivity contribution is 5.72. The second-order valence-electron chi connectivity index (χ2n) is 3.15. The highest BCUT2D eigenvalue weighted by atomic mass is 16.5. The summed E-state index contributed by atoms with van der Waals surface area (Å²) < 4.78 is 4.59. The lowest BCUT2D eigenvalue weighted by Crippen LogP contribution is -2.04. The summed E-state index contributed by atoms with van der Waals surface area (Å²) in [6.07, 6.45) is 2.10. The molecule has 0 aliphatic carbocycles. The summed E-state index contributed by atoms with van der Waals surface area (Å²) in [5.41, 5.74) is 3.18. The van der Waals surface area contributed by atoms with Gasteiger partial charge in [0.25, 0.3) is 0 Å². The lowest BCUT2D eigenvalue weighted by molar-refractivity contribution is -0.139. The highest BCUT2D eigenvalue weighted by Gasteiger charge is 2.03. The maximum absolute atomic E-state index is 11.0. The van der Waals surface area contributed by atoms with E-state index < -0.39 is 0 Å². The Labute approximate surface area is 84.2 Å². The first-order chi connectivity index (χ1) is 6.67. The predicted octanol–water partition coefficient (Wildman–Crippen LogP) is 2.35. The van der Waals surface area contributed by atoms with E-state index in [0.29, 0.717) is 6.42 Å². The molecule has 0 bridgehead atoms. The third-order valence-electron chi connectivity index (χ3n) is 2.14. The van der Waals surface area contributed by atoms with Crippen molar-refractivity contribution in [3.8, 4) is 0 Å². The number of hydrogen-bond acceptors (Lipinski definition) is 2. The molecule has 74 valence electrons. The molecule has 2 nitrogen and oxygen atoms in total. The Balaban J connectivity index is 2.89. The average Bonchev–Trinajstić information content (AvgIpc) is 2.20. The number of aryl methyl sites for hydroxylation is 1. The largest absolute Gasteiger partial charge is 0.469 e. The monoisotopic (exact) mass is 190 g/mol. The first-order valence-electron chi connectivity index (χ1n) is 4.46. The van der Waals surface area contributed by atoms with Crippen LogP contribution in [0.2, 0.25) is 0 Å². The van der Waals surface area contributed by atoms with Crippen LogP contribution in [0.1, 0.15) is 16.7 Å². The van der Waals surface area contributed by atoms with Crippen LogP contribution < -0.4 is 0 Å². The van der Waals surface area contributed by atoms with Crippen molar-refractivity contribution in [2.45, 2.75) is 13.3 Å². The second-order valence-corrected chi connectivity index (χ2v) is 3.15. The molecule has 0 N–H and O–H groups in total. The van der Waals surface area contributed by atoms with Gasteiger partial charge in [0, 0.05) is 0 Å². The Morgan fingerprint density at radius 1 is 1.57 bits per heavy atom. The van der Waals surface area contributed by atoms with E-state index >= 15 is 0 Å². The Bertz CT molecular complexity index is 353. The van der Waals surface area contributed by atoms with Crippen LogP contribution >= 0.6 is 0 Å². The first-order valence-corrected chi connectivity index (χ1v) is 4.46. The van der Waals surface area contributed by atoms with Gasteiger partial charge in [-0.1, -0.05) is 30.9 Å². The van der Waals surface area contributed by atoms with Gasteiger partial charge in [-0.25, -0.2) is 0 Å². The van der Waals surface area contributed by atoms with Crippen LogP contribution in [0.15, 0.2) is 24.8 Å². The molecular formula is C12H14O2. The Kier molecular flexibility index (Phi) is 3.46. The average molecular weight is 190 g/mol. The molecule has 0 aromatic heterocycles. The molecule has 14 heavy (non-hydrogen) atoms. The van der Waals surface area contributed by atoms with Gasteiger partial charge in [0.15, 0.2) is 0 Å². The van der Waals surface area contributed by atoms with Crippen LogP contribution in [-0.4, -0.2) is 13.1 Å². The van der Waals surface area contributed by atoms with Crippen molar-refractivity contribution < 1.29 is 9.53 Å². The number of carbonyl (C=O) groups excluding carboxylic acids is 1. The van der Waals surface area contributed by atoms with Gasteiger partial charge in [-0.15, -0.1) is 0 Å². The molecule has 2 heteroatoms. The van der Waals surface area contributed by atoms with Crippen LogP contribution in [0.4, 0.5) is 0 Å². The summed E-state index contributed by atoms with van der Waals surface area (Å²) in [4.78, 5) is 11.0. The minimum Gasteiger partial charge on any atom is -0.469 e. The van der Waals surface area contributed by atoms with E-state index in [4.69, 9.17) is 0 Å². The normalized spacial score (nSPS) is 9.57. The summed E-state index contributed by atoms with van der Waals surface area (Å²) in [6.45, 7) is 5.73. The van der Waals surface area contributed by atoms with Gasteiger partial charge in [-0.2, -0.15) is 0 Å². The zero-order valence-electron chi connectivity index (χ0n) is 8.54. The van der Waals surface area contributed by atoms with Crippen LogP contribution in [0.3, 0.4) is 0 Å². The summed E-state index contributed by atoms with van der Waals surface area (Å²) in [5, 5.41) is 0. The fraction of sp³-hybridized carbons (Fsp3) is 0.250. The lowest BCUT2D eigenvalue weighted by Gasteiger charge is -2.04. The van der Waals surface area contributed by atoms with Crippen molar-refractivity contribution in [2.75, 3.05) is 7.11 Å². The van der Waals surface area contributed by atoms with Crippen LogP contribution in [0.5, 0.6) is 0 Å². The van der Waals surface area contributed by atoms with Crippen molar-refractivity contribution in [3.63, 3.8) is 0 Å². The SMILES string of the molecule is C=Cc1cc(CC(=O)OC)ccc1C. The lowest BCUT2D eigenvalue weighted by atomic mass is 10.0. The maximum atomic E-state index is 11.0. The molecule has 0 spiro atoms. The van der Waals surface area contributed by atoms with E-state index in [0.717, 1.165) is 16.7 Å². The van der Waals surface area contributed by atoms with E-state index in [9.17, 15) is 4.79 Å². The third-order valence-corrected chi connectivity index (χ3v) is 2.14. The minimum absolute atomic E-state index is 0.219. The molecule has 0 aliphatic rings. The molecule has 0 aliphatic heterocycles. The Morgan fingerprint density at radius 3 is 2.86 bits per heavy atom. The van der Waals surface area contributed by atoms with E-state index in [1.54, 1.807) is 6.08 Å². The zero-order chi connectivity index (χ0) is 10.6. The van der Waals surface area contributed by atoms with E-state index in [1.807, 2.05) is 25.1 Å². The van der Waals surface area contributed by atoms with Gasteiger partial charge >= 0.3 is 5.97 Å². The van der Waals surface area contributed by atoms with Gasteiger partial charge < -0.3 is 4.74 Å². The van der Waals surface area contributed by atoms with Gasteiger partial charge in [0.2, 0.25) is 0 Å². The van der Waals surface area contributed by atoms with Crippen LogP contribution in [-0.2, 0) is 16.0 Å². The zero-order valence-corrected chi connectivity index (χ0v) is 8.54. The molecule has 1 aromatic rings. The summed E-state index contributed by atoms with van der Waals surface area (Å²) >= 11 is 0. The number of hydrogen-bond donors (Lipinski definition) is 0. The Hall–Kier alpha value is -1.57. The van der Waals surface area contributed by atoms with Crippen molar-refractivity contribution in [3.05, 3.63) is 41.5 Å². The number of benzene rings is 1. The number of carbonyl (C=O) groups is 1. The predicted molar refractivity (Wildman–Crippen MR) is 57.0 cm³/mol. The molecule has 0 heterocycles. The molecule has 1 aromatic carbocycles. The topological polar surface area (TPSA) is 26.3 Å². The standard InChI is InChI=1S/C12H14O2/c1-4-11-7-10(6-5-9(11)2)8-12(13)14-3/h4-7H,1,8H2,2-3H3. The molecule has 0 atom stereocenters. The van der Waals surface area contributed by atoms with Crippen molar-refractivity contribution in [2.24, 2.45) is 0 Å². The van der Waals surface area contributed by atoms with Gasteiger partial charge in [-0.3, -0.25) is 4.79 Å². The van der Waals surface area contributed by atoms with Crippen LogP contribution in [0, 0.1) is 6.92 Å². The fourth-order valence-electron chi connectivity index (χ4n) is 1.26. The van der Waals surface area contributed by atoms with Crippen molar-refractivity contribution in [1.82, 2.24) is 0 Å². The molecule has 0 unspecified atom stereocenters. The number of methoxy groups -OCH3 is 1. The van der Waals surface area contributed by atoms with E-state index in [1.165, 1.54) is 7.11 Å². The molecule has 1 rings (SSSR count). The number of rotatable bonds is 3. The maximum Gasteiger partial charge on any atom is 0.309 e. The molecule has 0 saturated carbocycles. The fourth-order valence-corrected chi connectivity index (χ4v) is 1.26. The Morgan fingerprint density at radius 2 is 2.29 bits per heavy atom. The summed E-state index contributed by atoms with van der Waals surface area (Å²) in [7, 11) is 1.39. The summed E-state index contributed by atoms with van der Waals surface area (Å²) in [5.74, 6) is -0.219. The third kappa shape index (κ3) is 2.46. The second kappa shape index (κ2) is 4.61. The molecule has 0 amide bonds. The highest BCUT2D eigenvalue weighted by Crippen LogP contribution is 2.13. The van der Waals surface area contributed by atoms with E-state index in [2.05, 4.69) is 11.3 Å².